The molecule has 0 bridgehead atoms. The van der Waals surface area contributed by atoms with E-state index >= 15 is 0 Å². The van der Waals surface area contributed by atoms with Gasteiger partial charge >= 0.3 is 6.03 Å². The van der Waals surface area contributed by atoms with Gasteiger partial charge in [0.05, 0.1) is 11.6 Å². The summed E-state index contributed by atoms with van der Waals surface area (Å²) in [5.41, 5.74) is 3.92. The van der Waals surface area contributed by atoms with E-state index in [9.17, 15) is 4.79 Å². The number of nitrogens with zero attached hydrogens (tertiary/aromatic N) is 3. The molecular weight excluding hydrogens is 324 g/mol. The molecule has 0 aromatic heterocycles. The normalized spacial score (nSPS) is 14.2. The minimum Gasteiger partial charge on any atom is -0.368 e. The summed E-state index contributed by atoms with van der Waals surface area (Å²) >= 11 is 0. The summed E-state index contributed by atoms with van der Waals surface area (Å²) in [6.45, 7) is 7.44. The number of anilines is 2. The number of rotatable bonds is 3. The van der Waals surface area contributed by atoms with Crippen LogP contribution >= 0.6 is 0 Å². The van der Waals surface area contributed by atoms with E-state index in [1.165, 1.54) is 11.3 Å². The van der Waals surface area contributed by atoms with Gasteiger partial charge in [-0.25, -0.2) is 4.79 Å². The van der Waals surface area contributed by atoms with Gasteiger partial charge in [-0.3, -0.25) is 0 Å². The molecule has 0 atom stereocenters. The number of hydrogen-bond acceptors (Lipinski definition) is 3. The molecule has 1 aliphatic heterocycles. The van der Waals surface area contributed by atoms with Crippen molar-refractivity contribution < 1.29 is 4.79 Å². The number of hydrogen-bond donors (Lipinski definition) is 1. The van der Waals surface area contributed by atoms with Gasteiger partial charge in [-0.15, -0.1) is 0 Å². The number of urea groups is 1. The first-order valence-electron chi connectivity index (χ1n) is 8.98. The van der Waals surface area contributed by atoms with Crippen molar-refractivity contribution in [2.45, 2.75) is 19.8 Å². The average Bonchev–Trinajstić information content (AvgIpc) is 2.68. The third-order valence-electron chi connectivity index (χ3n) is 4.73. The predicted molar refractivity (Wildman–Crippen MR) is 104 cm³/mol. The molecule has 1 heterocycles. The second-order valence-corrected chi connectivity index (χ2v) is 6.81. The minimum atomic E-state index is -0.0912. The summed E-state index contributed by atoms with van der Waals surface area (Å²) < 4.78 is 0. The number of nitriles is 1. The zero-order chi connectivity index (χ0) is 18.5. The number of carbonyl (C=O) groups excluding carboxylic acids is 1. The van der Waals surface area contributed by atoms with E-state index in [2.05, 4.69) is 54.4 Å². The summed E-state index contributed by atoms with van der Waals surface area (Å²) in [5.74, 6) is 0.476. The van der Waals surface area contributed by atoms with Crippen LogP contribution in [0, 0.1) is 11.3 Å². The minimum absolute atomic E-state index is 0.0912. The Morgan fingerprint density at radius 3 is 2.31 bits per heavy atom. The number of nitrogens with one attached hydrogen (secondary N) is 1. The lowest BCUT2D eigenvalue weighted by atomic mass is 10.00. The van der Waals surface area contributed by atoms with Gasteiger partial charge in [-0.05, 0) is 41.8 Å². The Morgan fingerprint density at radius 2 is 1.69 bits per heavy atom. The van der Waals surface area contributed by atoms with Crippen molar-refractivity contribution in [1.82, 2.24) is 4.90 Å². The second kappa shape index (κ2) is 7.92. The Balaban J connectivity index is 1.59. The van der Waals surface area contributed by atoms with E-state index in [1.54, 1.807) is 24.3 Å². The molecule has 0 radical (unpaired) electrons. The summed E-state index contributed by atoms with van der Waals surface area (Å²) in [6.07, 6.45) is 0. The molecule has 5 heteroatoms. The number of carbonyl (C=O) groups is 1. The van der Waals surface area contributed by atoms with Gasteiger partial charge in [0.15, 0.2) is 0 Å². The molecule has 0 saturated carbocycles. The van der Waals surface area contributed by atoms with Gasteiger partial charge in [0.1, 0.15) is 0 Å². The van der Waals surface area contributed by atoms with Crippen LogP contribution in [0.25, 0.3) is 0 Å². The fourth-order valence-electron chi connectivity index (χ4n) is 3.24. The first-order chi connectivity index (χ1) is 12.6. The molecule has 26 heavy (non-hydrogen) atoms. The molecule has 2 amide bonds. The molecule has 134 valence electrons. The lowest BCUT2D eigenvalue weighted by molar-refractivity contribution is 0.208. The zero-order valence-electron chi connectivity index (χ0n) is 15.3. The second-order valence-electron chi connectivity index (χ2n) is 6.81. The van der Waals surface area contributed by atoms with Crippen LogP contribution in [0.2, 0.25) is 0 Å². The number of piperazine rings is 1. The van der Waals surface area contributed by atoms with Crippen LogP contribution in [0.5, 0.6) is 0 Å². The van der Waals surface area contributed by atoms with Crippen molar-refractivity contribution in [2.75, 3.05) is 36.4 Å². The number of amides is 2. The van der Waals surface area contributed by atoms with Gasteiger partial charge in [-0.2, -0.15) is 5.26 Å². The highest BCUT2D eigenvalue weighted by molar-refractivity contribution is 5.89. The summed E-state index contributed by atoms with van der Waals surface area (Å²) in [7, 11) is 0. The van der Waals surface area contributed by atoms with Gasteiger partial charge < -0.3 is 15.1 Å². The van der Waals surface area contributed by atoms with Gasteiger partial charge in [-0.1, -0.05) is 32.0 Å². The zero-order valence-corrected chi connectivity index (χ0v) is 15.3. The van der Waals surface area contributed by atoms with Crippen molar-refractivity contribution in [3.05, 3.63) is 59.7 Å². The maximum atomic E-state index is 12.5. The van der Waals surface area contributed by atoms with Crippen molar-refractivity contribution in [1.29, 1.82) is 5.26 Å². The molecule has 5 nitrogen and oxygen atoms in total. The topological polar surface area (TPSA) is 59.4 Å². The van der Waals surface area contributed by atoms with Crippen molar-refractivity contribution in [3.63, 3.8) is 0 Å². The fraction of sp³-hybridized carbons (Fsp3) is 0.333. The predicted octanol–water partition coefficient (Wildman–Crippen LogP) is 4.04. The molecule has 0 aliphatic carbocycles. The molecule has 2 aromatic carbocycles. The quantitative estimate of drug-likeness (QED) is 0.911. The van der Waals surface area contributed by atoms with Crippen LogP contribution in [0.3, 0.4) is 0 Å². The summed E-state index contributed by atoms with van der Waals surface area (Å²) in [4.78, 5) is 16.7. The Kier molecular flexibility index (Phi) is 5.43. The van der Waals surface area contributed by atoms with E-state index in [-0.39, 0.29) is 6.03 Å². The molecule has 3 rings (SSSR count). The standard InChI is InChI=1S/C21H24N4O/c1-16(2)19-5-3-4-6-20(19)24-11-13-25(14-12-24)21(26)23-18-9-7-17(15-22)8-10-18/h3-10,16H,11-14H2,1-2H3,(H,23,26). The SMILES string of the molecule is CC(C)c1ccccc1N1CCN(C(=O)Nc2ccc(C#N)cc2)CC1. The first-order valence-corrected chi connectivity index (χ1v) is 8.98. The lowest BCUT2D eigenvalue weighted by Gasteiger charge is -2.37. The van der Waals surface area contributed by atoms with E-state index in [1.807, 2.05) is 4.90 Å². The molecule has 2 aromatic rings. The third kappa shape index (κ3) is 3.97. The Hall–Kier alpha value is -3.00. The summed E-state index contributed by atoms with van der Waals surface area (Å²) in [5, 5.41) is 11.7. The maximum Gasteiger partial charge on any atom is 0.321 e. The first kappa shape index (κ1) is 17.8. The van der Waals surface area contributed by atoms with E-state index in [0.29, 0.717) is 30.3 Å². The molecule has 1 N–H and O–H groups in total. The van der Waals surface area contributed by atoms with Crippen LogP contribution in [-0.4, -0.2) is 37.1 Å². The van der Waals surface area contributed by atoms with Crippen molar-refractivity contribution in [2.24, 2.45) is 0 Å². The van der Waals surface area contributed by atoms with E-state index < -0.39 is 0 Å². The molecule has 1 saturated heterocycles. The molecule has 0 spiro atoms. The van der Waals surface area contributed by atoms with Crippen molar-refractivity contribution in [3.8, 4) is 6.07 Å². The van der Waals surface area contributed by atoms with Crippen LogP contribution in [0.15, 0.2) is 48.5 Å². The molecular formula is C21H24N4O. The average molecular weight is 348 g/mol. The Labute approximate surface area is 154 Å². The van der Waals surface area contributed by atoms with Crippen LogP contribution in [0.4, 0.5) is 16.2 Å². The van der Waals surface area contributed by atoms with E-state index in [0.717, 1.165) is 13.1 Å². The van der Waals surface area contributed by atoms with Crippen molar-refractivity contribution >= 4 is 17.4 Å². The van der Waals surface area contributed by atoms with Gasteiger partial charge in [0.25, 0.3) is 0 Å². The Morgan fingerprint density at radius 1 is 1.04 bits per heavy atom. The fourth-order valence-corrected chi connectivity index (χ4v) is 3.24. The van der Waals surface area contributed by atoms with Crippen LogP contribution in [0.1, 0.15) is 30.9 Å². The molecule has 1 aliphatic rings. The lowest BCUT2D eigenvalue weighted by Crippen LogP contribution is -2.50. The maximum absolute atomic E-state index is 12.5. The summed E-state index contributed by atoms with van der Waals surface area (Å²) in [6, 6.07) is 17.4. The largest absolute Gasteiger partial charge is 0.368 e. The number of benzene rings is 2. The van der Waals surface area contributed by atoms with Gasteiger partial charge in [0.2, 0.25) is 0 Å². The highest BCUT2D eigenvalue weighted by Crippen LogP contribution is 2.28. The number of para-hydroxylation sites is 1. The molecule has 0 unspecified atom stereocenters. The van der Waals surface area contributed by atoms with Crippen LogP contribution < -0.4 is 10.2 Å². The monoisotopic (exact) mass is 348 g/mol. The van der Waals surface area contributed by atoms with E-state index in [4.69, 9.17) is 5.26 Å². The Bertz CT molecular complexity index is 800. The highest BCUT2D eigenvalue weighted by Gasteiger charge is 2.23. The van der Waals surface area contributed by atoms with Crippen LogP contribution in [-0.2, 0) is 0 Å². The molecule has 1 fully saturated rings. The highest BCUT2D eigenvalue weighted by atomic mass is 16.2. The van der Waals surface area contributed by atoms with Gasteiger partial charge in [0, 0.05) is 37.6 Å². The smallest absolute Gasteiger partial charge is 0.321 e. The third-order valence-corrected chi connectivity index (χ3v) is 4.73.